The number of rotatable bonds is 6. The fraction of sp³-hybridized carbons (Fsp3) is 0.278. The highest BCUT2D eigenvalue weighted by Crippen LogP contribution is 2.27. The van der Waals surface area contributed by atoms with Crippen LogP contribution in [-0.2, 0) is 0 Å². The summed E-state index contributed by atoms with van der Waals surface area (Å²) >= 11 is 12.0. The highest BCUT2D eigenvalue weighted by atomic mass is 35.5. The van der Waals surface area contributed by atoms with Crippen molar-refractivity contribution in [2.45, 2.75) is 6.04 Å². The van der Waals surface area contributed by atoms with E-state index in [4.69, 9.17) is 27.9 Å². The molecule has 1 N–H and O–H groups in total. The van der Waals surface area contributed by atoms with Gasteiger partial charge in [-0.2, -0.15) is 0 Å². The van der Waals surface area contributed by atoms with Gasteiger partial charge in [-0.1, -0.05) is 41.4 Å². The van der Waals surface area contributed by atoms with Gasteiger partial charge in [-0.25, -0.2) is 0 Å². The minimum atomic E-state index is -0.238. The second kappa shape index (κ2) is 8.38. The van der Waals surface area contributed by atoms with E-state index in [1.54, 1.807) is 25.3 Å². The Labute approximate surface area is 152 Å². The van der Waals surface area contributed by atoms with Crippen LogP contribution in [0, 0.1) is 0 Å². The van der Waals surface area contributed by atoms with E-state index in [2.05, 4.69) is 5.32 Å². The molecule has 0 radical (unpaired) electrons. The minimum absolute atomic E-state index is 0.0313. The molecule has 1 unspecified atom stereocenters. The molecule has 0 heterocycles. The molecule has 128 valence electrons. The predicted octanol–water partition coefficient (Wildman–Crippen LogP) is 4.03. The zero-order valence-electron chi connectivity index (χ0n) is 13.8. The van der Waals surface area contributed by atoms with Crippen molar-refractivity contribution >= 4 is 29.1 Å². The zero-order valence-corrected chi connectivity index (χ0v) is 15.4. The highest BCUT2D eigenvalue weighted by molar-refractivity contribution is 6.36. The number of benzene rings is 2. The molecule has 2 rings (SSSR count). The second-order valence-corrected chi connectivity index (χ2v) is 6.40. The Morgan fingerprint density at radius 3 is 2.54 bits per heavy atom. The minimum Gasteiger partial charge on any atom is -0.496 e. The summed E-state index contributed by atoms with van der Waals surface area (Å²) in [4.78, 5) is 14.4. The molecular formula is C18H20Cl2N2O2. The third kappa shape index (κ3) is 4.41. The van der Waals surface area contributed by atoms with Gasteiger partial charge in [0.1, 0.15) is 5.75 Å². The van der Waals surface area contributed by atoms with Crippen molar-refractivity contribution in [3.8, 4) is 5.75 Å². The fourth-order valence-corrected chi connectivity index (χ4v) is 2.96. The van der Waals surface area contributed by atoms with Crippen LogP contribution < -0.4 is 10.1 Å². The third-order valence-electron chi connectivity index (χ3n) is 3.75. The monoisotopic (exact) mass is 366 g/mol. The van der Waals surface area contributed by atoms with Gasteiger partial charge in [0, 0.05) is 17.1 Å². The van der Waals surface area contributed by atoms with E-state index >= 15 is 0 Å². The van der Waals surface area contributed by atoms with E-state index in [0.29, 0.717) is 22.2 Å². The lowest BCUT2D eigenvalue weighted by atomic mass is 10.0. The van der Waals surface area contributed by atoms with Crippen LogP contribution in [0.15, 0.2) is 42.5 Å². The quantitative estimate of drug-likeness (QED) is 0.838. The largest absolute Gasteiger partial charge is 0.496 e. The van der Waals surface area contributed by atoms with Crippen LogP contribution in [0.2, 0.25) is 10.0 Å². The molecule has 0 aromatic heterocycles. The Morgan fingerprint density at radius 1 is 1.21 bits per heavy atom. The van der Waals surface area contributed by atoms with Gasteiger partial charge in [-0.15, -0.1) is 0 Å². The molecule has 0 saturated heterocycles. The number of likely N-dealkylation sites (N-methyl/N-ethyl adjacent to an activating group) is 1. The molecule has 0 bridgehead atoms. The summed E-state index contributed by atoms with van der Waals surface area (Å²) in [6, 6.07) is 12.6. The Kier molecular flexibility index (Phi) is 6.49. The maximum Gasteiger partial charge on any atom is 0.252 e. The Morgan fingerprint density at radius 2 is 1.92 bits per heavy atom. The van der Waals surface area contributed by atoms with Crippen LogP contribution in [0.3, 0.4) is 0 Å². The molecule has 0 spiro atoms. The van der Waals surface area contributed by atoms with Crippen molar-refractivity contribution in [1.29, 1.82) is 0 Å². The summed E-state index contributed by atoms with van der Waals surface area (Å²) < 4.78 is 5.43. The summed E-state index contributed by atoms with van der Waals surface area (Å²) in [6.45, 7) is 0.422. The maximum absolute atomic E-state index is 12.4. The molecule has 0 aliphatic carbocycles. The average Bonchev–Trinajstić information content (AvgIpc) is 2.55. The lowest BCUT2D eigenvalue weighted by molar-refractivity contribution is 0.0941. The zero-order chi connectivity index (χ0) is 17.7. The van der Waals surface area contributed by atoms with Crippen molar-refractivity contribution in [2.24, 2.45) is 0 Å². The lowest BCUT2D eigenvalue weighted by Gasteiger charge is -2.26. The number of hydrogen-bond acceptors (Lipinski definition) is 3. The summed E-state index contributed by atoms with van der Waals surface area (Å²) in [5.41, 5.74) is 1.41. The number of para-hydroxylation sites is 1. The number of nitrogens with zero attached hydrogens (tertiary/aromatic N) is 1. The summed E-state index contributed by atoms with van der Waals surface area (Å²) in [6.07, 6.45) is 0. The van der Waals surface area contributed by atoms with E-state index in [0.717, 1.165) is 11.3 Å². The van der Waals surface area contributed by atoms with Crippen LogP contribution in [-0.4, -0.2) is 38.6 Å². The van der Waals surface area contributed by atoms with Crippen LogP contribution in [0.1, 0.15) is 22.0 Å². The Bertz CT molecular complexity index is 720. The molecule has 6 heteroatoms. The topological polar surface area (TPSA) is 41.6 Å². The summed E-state index contributed by atoms with van der Waals surface area (Å²) in [5.74, 6) is 0.549. The van der Waals surface area contributed by atoms with E-state index in [9.17, 15) is 4.79 Å². The third-order valence-corrected chi connectivity index (χ3v) is 4.30. The van der Waals surface area contributed by atoms with Crippen LogP contribution in [0.5, 0.6) is 5.75 Å². The van der Waals surface area contributed by atoms with Crippen molar-refractivity contribution in [3.05, 3.63) is 63.6 Å². The van der Waals surface area contributed by atoms with Crippen molar-refractivity contribution in [1.82, 2.24) is 10.2 Å². The Hall–Kier alpha value is -1.75. The first-order valence-corrected chi connectivity index (χ1v) is 8.22. The molecular weight excluding hydrogens is 347 g/mol. The lowest BCUT2D eigenvalue weighted by Crippen LogP contribution is -2.34. The fourth-order valence-electron chi connectivity index (χ4n) is 2.47. The van der Waals surface area contributed by atoms with E-state index < -0.39 is 0 Å². The summed E-state index contributed by atoms with van der Waals surface area (Å²) in [5, 5.41) is 3.76. The highest BCUT2D eigenvalue weighted by Gasteiger charge is 2.20. The first-order chi connectivity index (χ1) is 11.4. The van der Waals surface area contributed by atoms with E-state index in [1.165, 1.54) is 0 Å². The number of amides is 1. The number of nitrogens with one attached hydrogen (secondary N) is 1. The van der Waals surface area contributed by atoms with Crippen molar-refractivity contribution in [3.63, 3.8) is 0 Å². The van der Waals surface area contributed by atoms with E-state index in [1.807, 2.05) is 43.3 Å². The molecule has 0 aliphatic heterocycles. The van der Waals surface area contributed by atoms with E-state index in [-0.39, 0.29) is 11.9 Å². The molecule has 0 fully saturated rings. The van der Waals surface area contributed by atoms with Crippen molar-refractivity contribution in [2.75, 3.05) is 27.7 Å². The Balaban J connectivity index is 2.16. The molecule has 1 atom stereocenters. The van der Waals surface area contributed by atoms with Crippen molar-refractivity contribution < 1.29 is 9.53 Å². The molecule has 4 nitrogen and oxygen atoms in total. The smallest absolute Gasteiger partial charge is 0.252 e. The predicted molar refractivity (Wildman–Crippen MR) is 98.2 cm³/mol. The van der Waals surface area contributed by atoms with Crippen LogP contribution in [0.4, 0.5) is 0 Å². The first kappa shape index (κ1) is 18.6. The number of methoxy groups -OCH3 is 1. The van der Waals surface area contributed by atoms with Gasteiger partial charge >= 0.3 is 0 Å². The number of carbonyl (C=O) groups excluding carboxylic acids is 1. The standard InChI is InChI=1S/C18H20Cl2N2O2/c1-22(2)16(14-6-4-5-7-17(14)24-3)11-21-18(23)13-9-8-12(19)10-15(13)20/h4-10,16H,11H2,1-3H3,(H,21,23). The molecule has 2 aromatic carbocycles. The second-order valence-electron chi connectivity index (χ2n) is 5.56. The molecule has 1 amide bonds. The van der Waals surface area contributed by atoms with Crippen LogP contribution >= 0.6 is 23.2 Å². The normalized spacial score (nSPS) is 12.1. The van der Waals surface area contributed by atoms with Gasteiger partial charge in [0.25, 0.3) is 5.91 Å². The molecule has 2 aromatic rings. The van der Waals surface area contributed by atoms with Gasteiger partial charge in [0.15, 0.2) is 0 Å². The molecule has 24 heavy (non-hydrogen) atoms. The number of hydrogen-bond donors (Lipinski definition) is 1. The molecule has 0 aliphatic rings. The average molecular weight is 367 g/mol. The number of carbonyl (C=O) groups is 1. The van der Waals surface area contributed by atoms with Gasteiger partial charge in [-0.3, -0.25) is 4.79 Å². The number of halogens is 2. The van der Waals surface area contributed by atoms with Crippen LogP contribution in [0.25, 0.3) is 0 Å². The number of ether oxygens (including phenoxy) is 1. The van der Waals surface area contributed by atoms with Gasteiger partial charge in [0.2, 0.25) is 0 Å². The maximum atomic E-state index is 12.4. The van der Waals surface area contributed by atoms with Gasteiger partial charge in [0.05, 0.1) is 23.7 Å². The van der Waals surface area contributed by atoms with Gasteiger partial charge in [-0.05, 0) is 38.4 Å². The SMILES string of the molecule is COc1ccccc1C(CNC(=O)c1ccc(Cl)cc1Cl)N(C)C. The first-order valence-electron chi connectivity index (χ1n) is 7.46. The molecule has 0 saturated carbocycles. The van der Waals surface area contributed by atoms with Gasteiger partial charge < -0.3 is 15.0 Å². The summed E-state index contributed by atoms with van der Waals surface area (Å²) in [7, 11) is 5.55.